The van der Waals surface area contributed by atoms with Crippen LogP contribution in [0.5, 0.6) is 0 Å². The van der Waals surface area contributed by atoms with Gasteiger partial charge in [-0.2, -0.15) is 0 Å². The molecule has 0 saturated heterocycles. The smallest absolute Gasteiger partial charge is 0.257 e. The molecular formula is C10H7N3OS2. The maximum atomic E-state index is 11.0. The summed E-state index contributed by atoms with van der Waals surface area (Å²) in [6.45, 7) is 0. The van der Waals surface area contributed by atoms with Crippen molar-refractivity contribution in [2.24, 2.45) is 4.99 Å². The van der Waals surface area contributed by atoms with Crippen molar-refractivity contribution in [3.63, 3.8) is 0 Å². The Bertz CT molecular complexity index is 618. The summed E-state index contributed by atoms with van der Waals surface area (Å²) in [5.41, 5.74) is 7.32. The van der Waals surface area contributed by atoms with Crippen LogP contribution in [0, 0.1) is 0 Å². The van der Waals surface area contributed by atoms with Crippen LogP contribution < -0.4 is 5.73 Å². The van der Waals surface area contributed by atoms with Crippen molar-refractivity contribution in [3.8, 4) is 0 Å². The molecule has 2 N–H and O–H groups in total. The van der Waals surface area contributed by atoms with Crippen LogP contribution in [0.2, 0.25) is 0 Å². The fourth-order valence-corrected chi connectivity index (χ4v) is 3.31. The zero-order chi connectivity index (χ0) is 11.1. The predicted octanol–water partition coefficient (Wildman–Crippen LogP) is 1.90. The zero-order valence-electron chi connectivity index (χ0n) is 8.14. The zero-order valence-corrected chi connectivity index (χ0v) is 9.77. The number of benzene rings is 1. The molecule has 0 radical (unpaired) electrons. The van der Waals surface area contributed by atoms with Gasteiger partial charge in [0.2, 0.25) is 0 Å². The van der Waals surface area contributed by atoms with Gasteiger partial charge in [-0.15, -0.1) is 11.3 Å². The molecule has 2 heterocycles. The fourth-order valence-electron chi connectivity index (χ4n) is 1.45. The first-order valence-corrected chi connectivity index (χ1v) is 6.43. The van der Waals surface area contributed by atoms with E-state index in [1.165, 1.54) is 23.1 Å². The summed E-state index contributed by atoms with van der Waals surface area (Å²) >= 11 is 2.96. The molecule has 2 aromatic rings. The van der Waals surface area contributed by atoms with E-state index in [2.05, 4.69) is 9.98 Å². The lowest BCUT2D eigenvalue weighted by molar-refractivity contribution is -0.115. The number of fused-ring (bicyclic) bond motifs is 1. The molecule has 1 aromatic heterocycles. The molecule has 1 amide bonds. The second-order valence-corrected chi connectivity index (χ2v) is 5.34. The molecule has 0 aliphatic carbocycles. The maximum absolute atomic E-state index is 11.0. The van der Waals surface area contributed by atoms with Gasteiger partial charge in [-0.25, -0.2) is 9.98 Å². The number of hydrogen-bond donors (Lipinski definition) is 1. The predicted molar refractivity (Wildman–Crippen MR) is 68.0 cm³/mol. The lowest BCUT2D eigenvalue weighted by Crippen LogP contribution is -1.89. The number of anilines is 1. The summed E-state index contributed by atoms with van der Waals surface area (Å²) < 4.78 is 1.03. The van der Waals surface area contributed by atoms with Crippen molar-refractivity contribution in [1.29, 1.82) is 0 Å². The van der Waals surface area contributed by atoms with E-state index in [1.807, 2.05) is 18.2 Å². The standard InChI is InChI=1S/C10H7N3OS2/c11-5-1-2-6-7(3-5)16-10(12-6)9-13-8(14)4-15-9/h1-3H,4,11H2. The van der Waals surface area contributed by atoms with Crippen molar-refractivity contribution in [2.75, 3.05) is 11.5 Å². The van der Waals surface area contributed by atoms with Gasteiger partial charge in [-0.1, -0.05) is 11.8 Å². The van der Waals surface area contributed by atoms with Gasteiger partial charge in [-0.3, -0.25) is 4.79 Å². The average Bonchev–Trinajstić information content (AvgIpc) is 2.83. The van der Waals surface area contributed by atoms with Crippen molar-refractivity contribution >= 4 is 50.0 Å². The summed E-state index contributed by atoms with van der Waals surface area (Å²) in [6, 6.07) is 5.59. The first kappa shape index (κ1) is 9.80. The van der Waals surface area contributed by atoms with E-state index in [0.29, 0.717) is 5.75 Å². The van der Waals surface area contributed by atoms with Crippen molar-refractivity contribution in [2.45, 2.75) is 0 Å². The third-order valence-corrected chi connectivity index (χ3v) is 4.26. The molecule has 1 aliphatic rings. The SMILES string of the molecule is Nc1ccc2nc(C3=NC(=O)CS3)sc2c1. The van der Waals surface area contributed by atoms with Crippen LogP contribution in [0.25, 0.3) is 10.2 Å². The Labute approximate surface area is 99.6 Å². The molecule has 1 aromatic carbocycles. The lowest BCUT2D eigenvalue weighted by atomic mass is 10.3. The van der Waals surface area contributed by atoms with Gasteiger partial charge >= 0.3 is 0 Å². The third-order valence-electron chi connectivity index (χ3n) is 2.15. The average molecular weight is 249 g/mol. The Morgan fingerprint density at radius 2 is 2.25 bits per heavy atom. The fraction of sp³-hybridized carbons (Fsp3) is 0.100. The third kappa shape index (κ3) is 1.60. The molecule has 16 heavy (non-hydrogen) atoms. The number of nitrogens with zero attached hydrogens (tertiary/aromatic N) is 2. The summed E-state index contributed by atoms with van der Waals surface area (Å²) in [4.78, 5) is 19.4. The molecule has 1 aliphatic heterocycles. The van der Waals surface area contributed by atoms with Crippen molar-refractivity contribution < 1.29 is 4.79 Å². The molecule has 4 nitrogen and oxygen atoms in total. The highest BCUT2D eigenvalue weighted by Gasteiger charge is 2.19. The molecule has 0 fully saturated rings. The van der Waals surface area contributed by atoms with Gasteiger partial charge in [0, 0.05) is 5.69 Å². The highest BCUT2D eigenvalue weighted by molar-refractivity contribution is 8.15. The molecule has 0 unspecified atom stereocenters. The number of nitrogens with two attached hydrogens (primary N) is 1. The first-order chi connectivity index (χ1) is 7.72. The number of hydrogen-bond acceptors (Lipinski definition) is 5. The normalized spacial score (nSPS) is 15.8. The first-order valence-electron chi connectivity index (χ1n) is 4.63. The van der Waals surface area contributed by atoms with Gasteiger partial charge in [0.25, 0.3) is 5.91 Å². The molecule has 0 saturated carbocycles. The topological polar surface area (TPSA) is 68.3 Å². The van der Waals surface area contributed by atoms with Crippen molar-refractivity contribution in [1.82, 2.24) is 4.98 Å². The number of nitrogen functional groups attached to an aromatic ring is 1. The van der Waals surface area contributed by atoms with Crippen LogP contribution in [0.4, 0.5) is 5.69 Å². The van der Waals surface area contributed by atoms with Crippen LogP contribution in [0.15, 0.2) is 23.2 Å². The van der Waals surface area contributed by atoms with Crippen LogP contribution >= 0.6 is 23.1 Å². The summed E-state index contributed by atoms with van der Waals surface area (Å²) in [5, 5.41) is 1.53. The molecule has 0 bridgehead atoms. The number of carbonyl (C=O) groups is 1. The minimum Gasteiger partial charge on any atom is -0.399 e. The molecule has 0 spiro atoms. The quantitative estimate of drug-likeness (QED) is 0.784. The number of rotatable bonds is 1. The molecule has 0 atom stereocenters. The van der Waals surface area contributed by atoms with E-state index in [0.717, 1.165) is 26.0 Å². The van der Waals surface area contributed by atoms with Gasteiger partial charge < -0.3 is 5.73 Å². The van der Waals surface area contributed by atoms with E-state index < -0.39 is 0 Å². The van der Waals surface area contributed by atoms with E-state index in [9.17, 15) is 4.79 Å². The summed E-state index contributed by atoms with van der Waals surface area (Å²) in [5.74, 6) is 0.340. The van der Waals surface area contributed by atoms with E-state index in [-0.39, 0.29) is 5.91 Å². The van der Waals surface area contributed by atoms with Gasteiger partial charge in [0.1, 0.15) is 10.1 Å². The molecule has 3 rings (SSSR count). The molecular weight excluding hydrogens is 242 g/mol. The van der Waals surface area contributed by atoms with Gasteiger partial charge in [0.05, 0.1) is 16.0 Å². The van der Waals surface area contributed by atoms with Crippen LogP contribution in [-0.4, -0.2) is 21.7 Å². The van der Waals surface area contributed by atoms with E-state index >= 15 is 0 Å². The number of aliphatic imine (C=N–C) groups is 1. The Kier molecular flexibility index (Phi) is 2.19. The van der Waals surface area contributed by atoms with Gasteiger partial charge in [0.15, 0.2) is 0 Å². The molecule has 6 heteroatoms. The number of amides is 1. The second kappa shape index (κ2) is 3.57. The van der Waals surface area contributed by atoms with Gasteiger partial charge in [-0.05, 0) is 18.2 Å². The largest absolute Gasteiger partial charge is 0.399 e. The number of thiazole rings is 1. The number of carbonyl (C=O) groups excluding carboxylic acids is 1. The van der Waals surface area contributed by atoms with Crippen LogP contribution in [0.3, 0.4) is 0 Å². The Balaban J connectivity index is 2.12. The minimum absolute atomic E-state index is 0.0845. The lowest BCUT2D eigenvalue weighted by Gasteiger charge is -1.89. The second-order valence-electron chi connectivity index (χ2n) is 3.35. The number of thioether (sulfide) groups is 1. The van der Waals surface area contributed by atoms with E-state index in [4.69, 9.17) is 5.73 Å². The minimum atomic E-state index is -0.0845. The Morgan fingerprint density at radius 1 is 1.38 bits per heavy atom. The van der Waals surface area contributed by atoms with Crippen LogP contribution in [0.1, 0.15) is 5.01 Å². The van der Waals surface area contributed by atoms with E-state index in [1.54, 1.807) is 0 Å². The Morgan fingerprint density at radius 3 is 3.00 bits per heavy atom. The molecule has 80 valence electrons. The highest BCUT2D eigenvalue weighted by Crippen LogP contribution is 2.29. The summed E-state index contributed by atoms with van der Waals surface area (Å²) in [6.07, 6.45) is 0. The number of aromatic nitrogens is 1. The maximum Gasteiger partial charge on any atom is 0.257 e. The monoisotopic (exact) mass is 249 g/mol. The van der Waals surface area contributed by atoms with Crippen LogP contribution in [-0.2, 0) is 4.79 Å². The highest BCUT2D eigenvalue weighted by atomic mass is 32.2. The Hall–Kier alpha value is -1.40. The van der Waals surface area contributed by atoms with Crippen molar-refractivity contribution in [3.05, 3.63) is 23.2 Å². The summed E-state index contributed by atoms with van der Waals surface area (Å²) in [7, 11) is 0.